The molecule has 0 radical (unpaired) electrons. The van der Waals surface area contributed by atoms with Crippen molar-refractivity contribution < 1.29 is 4.74 Å². The van der Waals surface area contributed by atoms with E-state index in [9.17, 15) is 0 Å². The Morgan fingerprint density at radius 2 is 2.28 bits per heavy atom. The minimum Gasteiger partial charge on any atom is -0.376 e. The van der Waals surface area contributed by atoms with Gasteiger partial charge in [0.2, 0.25) is 0 Å². The summed E-state index contributed by atoms with van der Waals surface area (Å²) in [5.41, 5.74) is 3.37. The van der Waals surface area contributed by atoms with Gasteiger partial charge >= 0.3 is 0 Å². The number of aromatic nitrogens is 4. The fourth-order valence-corrected chi connectivity index (χ4v) is 4.12. The number of nitrogens with zero attached hydrogens (tertiary/aromatic N) is 5. The molecule has 6 nitrogen and oxygen atoms in total. The van der Waals surface area contributed by atoms with Crippen LogP contribution in [0.4, 0.5) is 0 Å². The number of ether oxygens (including phenoxy) is 1. The number of hydrogen-bond donors (Lipinski definition) is 0. The number of rotatable bonds is 6. The number of pyridine rings is 1. The topological polar surface area (TPSA) is 56.1 Å². The van der Waals surface area contributed by atoms with Crippen LogP contribution in [0.25, 0.3) is 0 Å². The predicted octanol–water partition coefficient (Wildman–Crippen LogP) is 2.59. The monoisotopic (exact) mass is 355 g/mol. The van der Waals surface area contributed by atoms with Gasteiger partial charge in [-0.25, -0.2) is 0 Å². The van der Waals surface area contributed by atoms with E-state index in [1.807, 2.05) is 30.1 Å². The predicted molar refractivity (Wildman–Crippen MR) is 96.1 cm³/mol. The van der Waals surface area contributed by atoms with Gasteiger partial charge in [-0.1, -0.05) is 17.3 Å². The quantitative estimate of drug-likeness (QED) is 0.680. The molecule has 0 aromatic carbocycles. The summed E-state index contributed by atoms with van der Waals surface area (Å²) >= 11 is 1.80. The van der Waals surface area contributed by atoms with E-state index >= 15 is 0 Å². The molecule has 0 fully saturated rings. The Bertz CT molecular complexity index is 802. The molecule has 1 aliphatic heterocycles. The fourth-order valence-electron chi connectivity index (χ4n) is 3.37. The second-order valence-corrected chi connectivity index (χ2v) is 7.40. The molecule has 25 heavy (non-hydrogen) atoms. The maximum Gasteiger partial charge on any atom is 0.100 e. The average molecular weight is 355 g/mol. The lowest BCUT2D eigenvalue weighted by molar-refractivity contribution is 0.0830. The maximum absolute atomic E-state index is 5.99. The van der Waals surface area contributed by atoms with E-state index < -0.39 is 0 Å². The van der Waals surface area contributed by atoms with Crippen LogP contribution in [0, 0.1) is 0 Å². The first-order valence-corrected chi connectivity index (χ1v) is 9.27. The molecular weight excluding hydrogens is 334 g/mol. The molecule has 3 aromatic rings. The standard InChI is InChI=1S/C18H21N5OS/c1-22-18-15(13-24-12-14-4-2-6-19-8-14)9-23(11-17(18)20-21-22)10-16-5-3-7-25-16/h2-8,15H,9-13H2,1H3. The number of hydrogen-bond acceptors (Lipinski definition) is 6. The van der Waals surface area contributed by atoms with Gasteiger partial charge in [0.1, 0.15) is 5.69 Å². The van der Waals surface area contributed by atoms with Crippen molar-refractivity contribution in [2.24, 2.45) is 7.05 Å². The van der Waals surface area contributed by atoms with Crippen LogP contribution in [0.3, 0.4) is 0 Å². The van der Waals surface area contributed by atoms with Crippen molar-refractivity contribution in [3.63, 3.8) is 0 Å². The smallest absolute Gasteiger partial charge is 0.100 e. The van der Waals surface area contributed by atoms with E-state index in [1.165, 1.54) is 10.6 Å². The highest BCUT2D eigenvalue weighted by atomic mass is 32.1. The van der Waals surface area contributed by atoms with E-state index in [2.05, 4.69) is 37.7 Å². The summed E-state index contributed by atoms with van der Waals surface area (Å²) in [6.07, 6.45) is 3.63. The molecule has 7 heteroatoms. The summed E-state index contributed by atoms with van der Waals surface area (Å²) in [7, 11) is 1.97. The summed E-state index contributed by atoms with van der Waals surface area (Å²) < 4.78 is 7.89. The molecule has 0 aliphatic carbocycles. The van der Waals surface area contributed by atoms with Crippen molar-refractivity contribution in [1.82, 2.24) is 24.9 Å². The highest BCUT2D eigenvalue weighted by Gasteiger charge is 2.30. The Morgan fingerprint density at radius 1 is 1.32 bits per heavy atom. The van der Waals surface area contributed by atoms with Crippen LogP contribution in [0.15, 0.2) is 42.0 Å². The molecule has 130 valence electrons. The van der Waals surface area contributed by atoms with Gasteiger partial charge in [0.25, 0.3) is 0 Å². The van der Waals surface area contributed by atoms with Gasteiger partial charge in [0.05, 0.1) is 18.9 Å². The van der Waals surface area contributed by atoms with Crippen LogP contribution in [-0.2, 0) is 31.5 Å². The van der Waals surface area contributed by atoms with Gasteiger partial charge in [-0.15, -0.1) is 16.4 Å². The molecule has 3 aromatic heterocycles. The third kappa shape index (κ3) is 3.78. The summed E-state index contributed by atoms with van der Waals surface area (Å²) in [5.74, 6) is 0.278. The molecule has 4 rings (SSSR count). The van der Waals surface area contributed by atoms with Crippen LogP contribution in [0.5, 0.6) is 0 Å². The van der Waals surface area contributed by atoms with Gasteiger partial charge < -0.3 is 4.74 Å². The maximum atomic E-state index is 5.99. The second kappa shape index (κ2) is 7.43. The van der Waals surface area contributed by atoms with Crippen LogP contribution < -0.4 is 0 Å². The lowest BCUT2D eigenvalue weighted by atomic mass is 9.99. The van der Waals surface area contributed by atoms with Gasteiger partial charge in [-0.3, -0.25) is 14.6 Å². The fraction of sp³-hybridized carbons (Fsp3) is 0.389. The van der Waals surface area contributed by atoms with Crippen molar-refractivity contribution in [3.8, 4) is 0 Å². The first-order chi connectivity index (χ1) is 12.3. The Labute approximate surface area is 151 Å². The normalized spacial score (nSPS) is 17.6. The lowest BCUT2D eigenvalue weighted by Gasteiger charge is -2.31. The van der Waals surface area contributed by atoms with Crippen LogP contribution in [0.2, 0.25) is 0 Å². The first-order valence-electron chi connectivity index (χ1n) is 8.39. The molecule has 0 N–H and O–H groups in total. The molecule has 0 saturated heterocycles. The van der Waals surface area contributed by atoms with Crippen molar-refractivity contribution in [2.75, 3.05) is 13.2 Å². The second-order valence-electron chi connectivity index (χ2n) is 6.37. The van der Waals surface area contributed by atoms with E-state index in [0.29, 0.717) is 13.2 Å². The lowest BCUT2D eigenvalue weighted by Crippen LogP contribution is -2.35. The molecule has 0 saturated carbocycles. The Balaban J connectivity index is 1.44. The Morgan fingerprint density at radius 3 is 3.08 bits per heavy atom. The molecule has 0 amide bonds. The Kier molecular flexibility index (Phi) is 4.87. The molecule has 1 atom stereocenters. The molecule has 1 unspecified atom stereocenters. The first kappa shape index (κ1) is 16.4. The van der Waals surface area contributed by atoms with E-state index in [-0.39, 0.29) is 5.92 Å². The van der Waals surface area contributed by atoms with Crippen molar-refractivity contribution in [1.29, 1.82) is 0 Å². The zero-order valence-electron chi connectivity index (χ0n) is 14.2. The number of fused-ring (bicyclic) bond motifs is 1. The van der Waals surface area contributed by atoms with E-state index in [0.717, 1.165) is 30.9 Å². The number of thiophene rings is 1. The summed E-state index contributed by atoms with van der Waals surface area (Å²) in [4.78, 5) is 7.94. The zero-order chi connectivity index (χ0) is 17.1. The third-order valence-electron chi connectivity index (χ3n) is 4.45. The third-order valence-corrected chi connectivity index (χ3v) is 5.31. The van der Waals surface area contributed by atoms with Gasteiger partial charge in [0, 0.05) is 49.9 Å². The van der Waals surface area contributed by atoms with E-state index in [4.69, 9.17) is 4.74 Å². The van der Waals surface area contributed by atoms with Crippen LogP contribution in [-0.4, -0.2) is 38.0 Å². The van der Waals surface area contributed by atoms with Gasteiger partial charge in [-0.05, 0) is 23.1 Å². The molecule has 4 heterocycles. The van der Waals surface area contributed by atoms with Gasteiger partial charge in [-0.2, -0.15) is 0 Å². The largest absolute Gasteiger partial charge is 0.376 e. The Hall–Kier alpha value is -2.09. The summed E-state index contributed by atoms with van der Waals surface area (Å²) in [6, 6.07) is 8.26. The number of aryl methyl sites for hydroxylation is 1. The molecular formula is C18H21N5OS. The van der Waals surface area contributed by atoms with Crippen molar-refractivity contribution in [2.45, 2.75) is 25.6 Å². The minimum absolute atomic E-state index is 0.278. The van der Waals surface area contributed by atoms with Crippen molar-refractivity contribution >= 4 is 11.3 Å². The zero-order valence-corrected chi connectivity index (χ0v) is 15.0. The van der Waals surface area contributed by atoms with Crippen LogP contribution >= 0.6 is 11.3 Å². The van der Waals surface area contributed by atoms with Gasteiger partial charge in [0.15, 0.2) is 0 Å². The van der Waals surface area contributed by atoms with Crippen LogP contribution in [0.1, 0.15) is 27.7 Å². The SMILES string of the molecule is Cn1nnc2c1C(COCc1cccnc1)CN(Cc1cccs1)C2. The van der Waals surface area contributed by atoms with E-state index in [1.54, 1.807) is 17.5 Å². The molecule has 1 aliphatic rings. The minimum atomic E-state index is 0.278. The average Bonchev–Trinajstić information content (AvgIpc) is 3.26. The van der Waals surface area contributed by atoms with Crippen molar-refractivity contribution in [3.05, 3.63) is 63.9 Å². The summed E-state index contributed by atoms with van der Waals surface area (Å²) in [6.45, 7) is 3.99. The highest BCUT2D eigenvalue weighted by molar-refractivity contribution is 7.09. The molecule has 0 spiro atoms. The summed E-state index contributed by atoms with van der Waals surface area (Å²) in [5, 5.41) is 10.7. The molecule has 0 bridgehead atoms. The highest BCUT2D eigenvalue weighted by Crippen LogP contribution is 2.28.